The van der Waals surface area contributed by atoms with Gasteiger partial charge in [0.25, 0.3) is 11.8 Å². The van der Waals surface area contributed by atoms with Gasteiger partial charge in [0.1, 0.15) is 0 Å². The number of hydrogen-bond donors (Lipinski definition) is 3. The van der Waals surface area contributed by atoms with Crippen LogP contribution in [0.1, 0.15) is 26.3 Å². The number of nitrogens with one attached hydrogen (secondary N) is 2. The van der Waals surface area contributed by atoms with Crippen molar-refractivity contribution in [1.82, 2.24) is 9.88 Å². The van der Waals surface area contributed by atoms with Crippen molar-refractivity contribution >= 4 is 34.2 Å². The molecule has 7 nitrogen and oxygen atoms in total. The average molecular weight is 377 g/mol. The molecule has 0 spiro atoms. The predicted octanol–water partition coefficient (Wildman–Crippen LogP) is 2.91. The molecule has 1 aliphatic heterocycles. The number of anilines is 1. The summed E-state index contributed by atoms with van der Waals surface area (Å²) in [4.78, 5) is 30.7. The molecule has 0 saturated carbocycles. The lowest BCUT2D eigenvalue weighted by atomic mass is 10.1. The van der Waals surface area contributed by atoms with Crippen LogP contribution in [0.3, 0.4) is 0 Å². The molecule has 8 heteroatoms. The molecule has 0 saturated heterocycles. The molecule has 4 rings (SSSR count). The fraction of sp³-hybridized carbons (Fsp3) is 0.0526. The summed E-state index contributed by atoms with van der Waals surface area (Å²) in [5, 5.41) is 12.3. The molecule has 1 aliphatic rings. The van der Waals surface area contributed by atoms with E-state index in [1.165, 1.54) is 16.2 Å². The molecule has 0 bridgehead atoms. The van der Waals surface area contributed by atoms with E-state index in [1.807, 2.05) is 29.6 Å². The number of nitrogens with zero attached hydrogens (tertiary/aromatic N) is 2. The Kier molecular flexibility index (Phi) is 4.17. The first-order valence-corrected chi connectivity index (χ1v) is 9.02. The lowest BCUT2D eigenvalue weighted by Gasteiger charge is -2.14. The number of nitrogens with two attached hydrogens (primary N) is 1. The molecule has 0 aliphatic carbocycles. The van der Waals surface area contributed by atoms with Crippen LogP contribution in [0.4, 0.5) is 5.13 Å². The average Bonchev–Trinajstić information content (AvgIpc) is 3.21. The van der Waals surface area contributed by atoms with Crippen molar-refractivity contribution in [3.05, 3.63) is 70.6 Å². The molecular weight excluding hydrogens is 362 g/mol. The third-order valence-electron chi connectivity index (χ3n) is 4.19. The van der Waals surface area contributed by atoms with Crippen LogP contribution in [0.25, 0.3) is 11.3 Å². The van der Waals surface area contributed by atoms with Crippen molar-refractivity contribution in [3.63, 3.8) is 0 Å². The second-order valence-corrected chi connectivity index (χ2v) is 6.88. The lowest BCUT2D eigenvalue weighted by molar-refractivity contribution is 0.0642. The van der Waals surface area contributed by atoms with Gasteiger partial charge >= 0.3 is 0 Å². The van der Waals surface area contributed by atoms with Crippen LogP contribution in [0, 0.1) is 5.41 Å². The number of benzene rings is 2. The lowest BCUT2D eigenvalue weighted by Crippen LogP contribution is -2.29. The van der Waals surface area contributed by atoms with Crippen LogP contribution < -0.4 is 11.1 Å². The number of carbonyl (C=O) groups is 2. The molecule has 2 heterocycles. The Morgan fingerprint density at radius 2 is 1.81 bits per heavy atom. The smallest absolute Gasteiger partial charge is 0.261 e. The molecule has 134 valence electrons. The van der Waals surface area contributed by atoms with E-state index in [4.69, 9.17) is 11.1 Å². The molecular formula is C19H15N5O2S. The molecule has 0 radical (unpaired) electrons. The van der Waals surface area contributed by atoms with Gasteiger partial charge in [0.05, 0.1) is 23.4 Å². The fourth-order valence-electron chi connectivity index (χ4n) is 2.97. The van der Waals surface area contributed by atoms with E-state index in [2.05, 4.69) is 10.3 Å². The zero-order valence-electron chi connectivity index (χ0n) is 14.1. The van der Waals surface area contributed by atoms with Crippen LogP contribution in [-0.4, -0.2) is 27.7 Å². The highest BCUT2D eigenvalue weighted by Gasteiger charge is 2.34. The summed E-state index contributed by atoms with van der Waals surface area (Å²) in [7, 11) is 0. The fourth-order valence-corrected chi connectivity index (χ4v) is 3.71. The van der Waals surface area contributed by atoms with Gasteiger partial charge in [-0.1, -0.05) is 30.3 Å². The standard InChI is InChI=1S/C19H15N5O2S/c20-18(21)23-19-22-15(10-27-19)12-5-3-4-11(8-12)9-24-16(25)13-6-1-2-7-14(13)17(24)26/h1-8,10H,9H2,(H4,20,21,22,23). The maximum atomic E-state index is 12.5. The van der Waals surface area contributed by atoms with Crippen molar-refractivity contribution in [1.29, 1.82) is 5.41 Å². The van der Waals surface area contributed by atoms with Crippen LogP contribution in [-0.2, 0) is 6.54 Å². The molecule has 0 atom stereocenters. The van der Waals surface area contributed by atoms with E-state index >= 15 is 0 Å². The first kappa shape index (κ1) is 16.9. The third kappa shape index (κ3) is 3.18. The zero-order valence-corrected chi connectivity index (χ0v) is 14.9. The van der Waals surface area contributed by atoms with Gasteiger partial charge in [0.15, 0.2) is 11.1 Å². The number of imide groups is 1. The van der Waals surface area contributed by atoms with Crippen molar-refractivity contribution in [2.45, 2.75) is 6.54 Å². The predicted molar refractivity (Wildman–Crippen MR) is 104 cm³/mol. The second-order valence-electron chi connectivity index (χ2n) is 6.02. The van der Waals surface area contributed by atoms with E-state index in [9.17, 15) is 9.59 Å². The maximum Gasteiger partial charge on any atom is 0.261 e. The third-order valence-corrected chi connectivity index (χ3v) is 4.95. The Morgan fingerprint density at radius 1 is 1.11 bits per heavy atom. The minimum absolute atomic E-state index is 0.171. The van der Waals surface area contributed by atoms with Gasteiger partial charge in [-0.3, -0.25) is 19.9 Å². The van der Waals surface area contributed by atoms with E-state index < -0.39 is 0 Å². The number of guanidine groups is 1. The van der Waals surface area contributed by atoms with Crippen molar-refractivity contribution in [2.75, 3.05) is 5.32 Å². The Hall–Kier alpha value is -3.52. The number of amides is 2. The highest BCUT2D eigenvalue weighted by molar-refractivity contribution is 7.14. The minimum atomic E-state index is -0.275. The van der Waals surface area contributed by atoms with Gasteiger partial charge in [-0.25, -0.2) is 4.98 Å². The van der Waals surface area contributed by atoms with Crippen molar-refractivity contribution in [3.8, 4) is 11.3 Å². The summed E-state index contributed by atoms with van der Waals surface area (Å²) in [6.45, 7) is 0.197. The Balaban J connectivity index is 1.57. The van der Waals surface area contributed by atoms with Crippen molar-refractivity contribution < 1.29 is 9.59 Å². The molecule has 27 heavy (non-hydrogen) atoms. The van der Waals surface area contributed by atoms with Gasteiger partial charge in [0, 0.05) is 10.9 Å². The van der Waals surface area contributed by atoms with Crippen molar-refractivity contribution in [2.24, 2.45) is 5.73 Å². The minimum Gasteiger partial charge on any atom is -0.370 e. The molecule has 1 aromatic heterocycles. The zero-order chi connectivity index (χ0) is 19.0. The Morgan fingerprint density at radius 3 is 2.48 bits per heavy atom. The molecule has 3 aromatic rings. The largest absolute Gasteiger partial charge is 0.370 e. The highest BCUT2D eigenvalue weighted by atomic mass is 32.1. The highest BCUT2D eigenvalue weighted by Crippen LogP contribution is 2.28. The SMILES string of the molecule is N=C(N)Nc1nc(-c2cccc(CN3C(=O)c4ccccc4C3=O)c2)cs1. The van der Waals surface area contributed by atoms with Gasteiger partial charge in [-0.2, -0.15) is 0 Å². The monoisotopic (exact) mass is 377 g/mol. The number of thiazole rings is 1. The molecule has 2 amide bonds. The number of rotatable bonds is 4. The number of carbonyl (C=O) groups excluding carboxylic acids is 2. The van der Waals surface area contributed by atoms with Crippen LogP contribution >= 0.6 is 11.3 Å². The maximum absolute atomic E-state index is 12.5. The number of fused-ring (bicyclic) bond motifs is 1. The van der Waals surface area contributed by atoms with Gasteiger partial charge < -0.3 is 11.1 Å². The Bertz CT molecular complexity index is 1040. The van der Waals surface area contributed by atoms with E-state index in [1.54, 1.807) is 24.3 Å². The Labute approximate surface area is 159 Å². The van der Waals surface area contributed by atoms with Gasteiger partial charge in [-0.15, -0.1) is 11.3 Å². The first-order chi connectivity index (χ1) is 13.0. The van der Waals surface area contributed by atoms with Gasteiger partial charge in [-0.05, 0) is 23.8 Å². The van der Waals surface area contributed by atoms with E-state index in [-0.39, 0.29) is 24.3 Å². The summed E-state index contributed by atoms with van der Waals surface area (Å²) < 4.78 is 0. The van der Waals surface area contributed by atoms with Gasteiger partial charge in [0.2, 0.25) is 0 Å². The summed E-state index contributed by atoms with van der Waals surface area (Å²) >= 11 is 1.34. The van der Waals surface area contributed by atoms with E-state index in [0.29, 0.717) is 16.3 Å². The normalized spacial score (nSPS) is 13.0. The summed E-state index contributed by atoms with van der Waals surface area (Å²) in [6, 6.07) is 14.4. The summed E-state index contributed by atoms with van der Waals surface area (Å²) in [5.74, 6) is -0.722. The molecule has 0 unspecified atom stereocenters. The quantitative estimate of drug-likeness (QED) is 0.368. The molecule has 4 N–H and O–H groups in total. The number of aromatic nitrogens is 1. The number of hydrogen-bond acceptors (Lipinski definition) is 5. The summed E-state index contributed by atoms with van der Waals surface area (Å²) in [6.07, 6.45) is 0. The molecule has 0 fully saturated rings. The van der Waals surface area contributed by atoms with Crippen LogP contribution in [0.2, 0.25) is 0 Å². The van der Waals surface area contributed by atoms with Crippen LogP contribution in [0.5, 0.6) is 0 Å². The second kappa shape index (κ2) is 6.65. The van der Waals surface area contributed by atoms with Crippen LogP contribution in [0.15, 0.2) is 53.9 Å². The first-order valence-electron chi connectivity index (χ1n) is 8.14. The van der Waals surface area contributed by atoms with E-state index in [0.717, 1.165) is 16.8 Å². The summed E-state index contributed by atoms with van der Waals surface area (Å²) in [5.41, 5.74) is 8.62. The molecule has 2 aromatic carbocycles. The topological polar surface area (TPSA) is 112 Å².